The summed E-state index contributed by atoms with van der Waals surface area (Å²) in [5, 5.41) is 10.8. The lowest BCUT2D eigenvalue weighted by atomic mass is 10.1. The van der Waals surface area contributed by atoms with Crippen LogP contribution in [0.3, 0.4) is 0 Å². The first kappa shape index (κ1) is 15.1. The van der Waals surface area contributed by atoms with E-state index in [-0.39, 0.29) is 18.1 Å². The molecule has 0 unspecified atom stereocenters. The smallest absolute Gasteiger partial charge is 0.285 e. The molecule has 0 aliphatic heterocycles. The third-order valence-electron chi connectivity index (χ3n) is 3.92. The van der Waals surface area contributed by atoms with Gasteiger partial charge in [0.25, 0.3) is 0 Å². The number of hydrogen-bond donors (Lipinski definition) is 1. The molecule has 25 heavy (non-hydrogen) atoms. The van der Waals surface area contributed by atoms with Crippen LogP contribution < -0.4 is 5.69 Å². The van der Waals surface area contributed by atoms with Crippen LogP contribution in [0.15, 0.2) is 72.0 Å². The Morgan fingerprint density at radius 2 is 1.92 bits per heavy atom. The molecule has 0 atom stereocenters. The molecule has 1 N–H and O–H groups in total. The maximum Gasteiger partial charge on any atom is 0.350 e. The second-order valence-corrected chi connectivity index (χ2v) is 5.62. The van der Waals surface area contributed by atoms with Crippen LogP contribution in [0, 0.1) is 5.82 Å². The summed E-state index contributed by atoms with van der Waals surface area (Å²) in [6, 6.07) is 13.6. The van der Waals surface area contributed by atoms with Gasteiger partial charge in [-0.15, -0.1) is 0 Å². The van der Waals surface area contributed by atoms with E-state index in [2.05, 4.69) is 15.3 Å². The van der Waals surface area contributed by atoms with Crippen LogP contribution in [-0.2, 0) is 6.54 Å². The van der Waals surface area contributed by atoms with Gasteiger partial charge >= 0.3 is 5.69 Å². The maximum absolute atomic E-state index is 13.3. The number of aromatic amines is 1. The number of benzene rings is 2. The Labute approximate surface area is 142 Å². The Hall–Kier alpha value is -3.48. The average molecular weight is 335 g/mol. The molecule has 2 aromatic heterocycles. The van der Waals surface area contributed by atoms with E-state index in [1.54, 1.807) is 24.5 Å². The number of nitrogens with zero attached hydrogens (tertiary/aromatic N) is 4. The van der Waals surface area contributed by atoms with Crippen LogP contribution in [0.25, 0.3) is 16.8 Å². The quantitative estimate of drug-likeness (QED) is 0.623. The van der Waals surface area contributed by atoms with Crippen molar-refractivity contribution >= 4 is 0 Å². The normalized spacial score (nSPS) is 10.9. The minimum atomic E-state index is -0.326. The van der Waals surface area contributed by atoms with Gasteiger partial charge in [0.1, 0.15) is 12.1 Å². The highest BCUT2D eigenvalue weighted by Gasteiger charge is 2.08. The topological polar surface area (TPSA) is 68.5 Å². The molecule has 0 saturated carbocycles. The fourth-order valence-electron chi connectivity index (χ4n) is 2.66. The van der Waals surface area contributed by atoms with Crippen LogP contribution in [0.4, 0.5) is 4.39 Å². The highest BCUT2D eigenvalue weighted by atomic mass is 19.1. The Bertz CT molecular complexity index is 1050. The van der Waals surface area contributed by atoms with Crippen LogP contribution in [0.1, 0.15) is 5.56 Å². The van der Waals surface area contributed by atoms with Gasteiger partial charge in [-0.1, -0.05) is 24.3 Å². The van der Waals surface area contributed by atoms with Crippen molar-refractivity contribution in [3.63, 3.8) is 0 Å². The van der Waals surface area contributed by atoms with Gasteiger partial charge in [0.2, 0.25) is 0 Å². The molecule has 0 bridgehead atoms. The van der Waals surface area contributed by atoms with Crippen LogP contribution >= 0.6 is 0 Å². The van der Waals surface area contributed by atoms with Crippen molar-refractivity contribution in [3.8, 4) is 16.8 Å². The van der Waals surface area contributed by atoms with Crippen molar-refractivity contribution in [2.45, 2.75) is 6.54 Å². The van der Waals surface area contributed by atoms with Gasteiger partial charge in [-0.05, 0) is 35.4 Å². The molecule has 0 radical (unpaired) electrons. The van der Waals surface area contributed by atoms with Gasteiger partial charge in [0, 0.05) is 11.8 Å². The van der Waals surface area contributed by atoms with Gasteiger partial charge in [0.05, 0.1) is 18.4 Å². The Morgan fingerprint density at radius 1 is 1.08 bits per heavy atom. The van der Waals surface area contributed by atoms with Crippen molar-refractivity contribution in [2.24, 2.45) is 0 Å². The molecule has 7 heteroatoms. The first-order valence-corrected chi connectivity index (χ1v) is 7.69. The van der Waals surface area contributed by atoms with E-state index in [9.17, 15) is 9.18 Å². The summed E-state index contributed by atoms with van der Waals surface area (Å²) in [5.41, 5.74) is 3.05. The standard InChI is InChI=1S/C18H14FN5O/c19-16-3-1-2-13(8-16)11-23-12-22-24(18(23)25)17-6-4-14(5-7-17)15-9-20-21-10-15/h1-10,12H,11H2,(H,20,21). The van der Waals surface area contributed by atoms with Crippen LogP contribution in [0.2, 0.25) is 0 Å². The fourth-order valence-corrected chi connectivity index (χ4v) is 2.66. The number of halogens is 1. The maximum atomic E-state index is 13.3. The Kier molecular flexibility index (Phi) is 3.74. The number of nitrogens with one attached hydrogen (secondary N) is 1. The second kappa shape index (κ2) is 6.20. The monoisotopic (exact) mass is 335 g/mol. The number of H-pyrrole nitrogens is 1. The van der Waals surface area contributed by atoms with E-state index in [1.165, 1.54) is 27.7 Å². The fraction of sp³-hybridized carbons (Fsp3) is 0.0556. The first-order valence-electron chi connectivity index (χ1n) is 7.69. The third-order valence-corrected chi connectivity index (χ3v) is 3.92. The van der Waals surface area contributed by atoms with Gasteiger partial charge in [-0.3, -0.25) is 9.67 Å². The molecule has 0 amide bonds. The summed E-state index contributed by atoms with van der Waals surface area (Å²) in [5.74, 6) is -0.326. The van der Waals surface area contributed by atoms with Crippen molar-refractivity contribution in [2.75, 3.05) is 0 Å². The zero-order chi connectivity index (χ0) is 17.2. The molecule has 0 aliphatic carbocycles. The van der Waals surface area contributed by atoms with Crippen LogP contribution in [-0.4, -0.2) is 24.5 Å². The molecule has 0 saturated heterocycles. The summed E-state index contributed by atoms with van der Waals surface area (Å²) in [4.78, 5) is 12.5. The number of rotatable bonds is 4. The molecule has 2 aromatic carbocycles. The lowest BCUT2D eigenvalue weighted by Crippen LogP contribution is -2.24. The minimum Gasteiger partial charge on any atom is -0.285 e. The molecule has 0 spiro atoms. The van der Waals surface area contributed by atoms with Gasteiger partial charge < -0.3 is 0 Å². The molecular formula is C18H14FN5O. The zero-order valence-electron chi connectivity index (χ0n) is 13.1. The molecule has 0 fully saturated rings. The minimum absolute atomic E-state index is 0.268. The largest absolute Gasteiger partial charge is 0.350 e. The summed E-state index contributed by atoms with van der Waals surface area (Å²) in [6.07, 6.45) is 4.99. The zero-order valence-corrected chi connectivity index (χ0v) is 13.1. The summed E-state index contributed by atoms with van der Waals surface area (Å²) in [7, 11) is 0. The third kappa shape index (κ3) is 2.99. The molecular weight excluding hydrogens is 321 g/mol. The van der Waals surface area contributed by atoms with Crippen molar-refractivity contribution in [1.82, 2.24) is 24.5 Å². The lowest BCUT2D eigenvalue weighted by Gasteiger charge is -2.03. The van der Waals surface area contributed by atoms with E-state index in [1.807, 2.05) is 24.3 Å². The summed E-state index contributed by atoms with van der Waals surface area (Å²) < 4.78 is 16.0. The van der Waals surface area contributed by atoms with E-state index >= 15 is 0 Å². The predicted octanol–water partition coefficient (Wildman–Crippen LogP) is 2.61. The highest BCUT2D eigenvalue weighted by Crippen LogP contribution is 2.18. The lowest BCUT2D eigenvalue weighted by molar-refractivity contribution is 0.622. The van der Waals surface area contributed by atoms with E-state index in [0.29, 0.717) is 11.3 Å². The van der Waals surface area contributed by atoms with E-state index in [0.717, 1.165) is 11.1 Å². The molecule has 0 aliphatic rings. The van der Waals surface area contributed by atoms with Gasteiger partial charge in [0.15, 0.2) is 0 Å². The predicted molar refractivity (Wildman–Crippen MR) is 90.9 cm³/mol. The highest BCUT2D eigenvalue weighted by molar-refractivity contribution is 5.62. The van der Waals surface area contributed by atoms with Crippen molar-refractivity contribution in [1.29, 1.82) is 0 Å². The van der Waals surface area contributed by atoms with Gasteiger partial charge in [-0.2, -0.15) is 14.9 Å². The SMILES string of the molecule is O=c1n(Cc2cccc(F)c2)cnn1-c1ccc(-c2cn[nH]c2)cc1. The first-order chi connectivity index (χ1) is 12.2. The molecule has 4 aromatic rings. The van der Waals surface area contributed by atoms with E-state index in [4.69, 9.17) is 0 Å². The van der Waals surface area contributed by atoms with E-state index < -0.39 is 0 Å². The summed E-state index contributed by atoms with van der Waals surface area (Å²) >= 11 is 0. The molecule has 124 valence electrons. The van der Waals surface area contributed by atoms with Crippen molar-refractivity contribution < 1.29 is 4.39 Å². The van der Waals surface area contributed by atoms with Crippen molar-refractivity contribution in [3.05, 3.63) is 89.1 Å². The number of hydrogen-bond acceptors (Lipinski definition) is 3. The van der Waals surface area contributed by atoms with Gasteiger partial charge in [-0.25, -0.2) is 9.18 Å². The molecule has 4 rings (SSSR count). The second-order valence-electron chi connectivity index (χ2n) is 5.62. The van der Waals surface area contributed by atoms with Crippen LogP contribution in [0.5, 0.6) is 0 Å². The average Bonchev–Trinajstić information content (AvgIpc) is 3.27. The molecule has 2 heterocycles. The Balaban J connectivity index is 1.61. The number of aromatic nitrogens is 5. The Morgan fingerprint density at radius 3 is 2.64 bits per heavy atom. The summed E-state index contributed by atoms with van der Waals surface area (Å²) in [6.45, 7) is 0.268. The molecule has 6 nitrogen and oxygen atoms in total.